The van der Waals surface area contributed by atoms with Crippen molar-refractivity contribution in [2.24, 2.45) is 5.73 Å². The van der Waals surface area contributed by atoms with Gasteiger partial charge in [-0.05, 0) is 6.92 Å². The lowest BCUT2D eigenvalue weighted by Crippen LogP contribution is -2.41. The highest BCUT2D eigenvalue weighted by molar-refractivity contribution is 7.16. The fraction of sp³-hybridized carbons (Fsp3) is 0.667. The van der Waals surface area contributed by atoms with Gasteiger partial charge in [-0.2, -0.15) is 22.8 Å². The van der Waals surface area contributed by atoms with Gasteiger partial charge in [0.05, 0.1) is 18.6 Å². The molecule has 2 aromatic heterocycles. The molecule has 104 valence electrons. The third kappa shape index (κ3) is 1.82. The van der Waals surface area contributed by atoms with E-state index in [2.05, 4.69) is 15.3 Å². The molecule has 2 N–H and O–H groups in total. The summed E-state index contributed by atoms with van der Waals surface area (Å²) >= 11 is 1.05. The van der Waals surface area contributed by atoms with Gasteiger partial charge >= 0.3 is 6.18 Å². The largest absolute Gasteiger partial charge is 0.453 e. The maximum absolute atomic E-state index is 12.7. The van der Waals surface area contributed by atoms with Gasteiger partial charge in [0.25, 0.3) is 5.82 Å². The maximum Gasteiger partial charge on any atom is 0.453 e. The number of hydrogen-bond donors (Lipinski definition) is 1. The van der Waals surface area contributed by atoms with Crippen LogP contribution in [0.3, 0.4) is 0 Å². The highest BCUT2D eigenvalue weighted by Gasteiger charge is 2.44. The molecule has 1 aliphatic rings. The Balaban J connectivity index is 2.10. The van der Waals surface area contributed by atoms with Crippen molar-refractivity contribution in [1.82, 2.24) is 19.8 Å². The van der Waals surface area contributed by atoms with Crippen LogP contribution in [0.25, 0.3) is 4.96 Å². The second-order valence-electron chi connectivity index (χ2n) is 4.66. The first kappa shape index (κ1) is 12.8. The summed E-state index contributed by atoms with van der Waals surface area (Å²) in [5, 5.41) is 11.1. The zero-order valence-corrected chi connectivity index (χ0v) is 10.6. The van der Waals surface area contributed by atoms with E-state index in [-0.39, 0.29) is 11.0 Å². The van der Waals surface area contributed by atoms with E-state index in [9.17, 15) is 13.2 Å². The molecule has 6 nitrogen and oxygen atoms in total. The van der Waals surface area contributed by atoms with E-state index in [0.29, 0.717) is 18.2 Å². The predicted molar refractivity (Wildman–Crippen MR) is 59.8 cm³/mol. The molecule has 10 heteroatoms. The number of hydrogen-bond acceptors (Lipinski definition) is 6. The summed E-state index contributed by atoms with van der Waals surface area (Å²) in [5.41, 5.74) is 5.34. The second-order valence-corrected chi connectivity index (χ2v) is 5.62. The first-order chi connectivity index (χ1) is 8.82. The Hall–Kier alpha value is -1.26. The number of alkyl halides is 3. The SMILES string of the molecule is CC1(c2nn3c(C(F)(F)F)nnc3s2)COCC1N. The van der Waals surface area contributed by atoms with Crippen LogP contribution in [0.1, 0.15) is 17.8 Å². The molecule has 0 aromatic carbocycles. The summed E-state index contributed by atoms with van der Waals surface area (Å²) < 4.78 is 44.1. The molecular formula is C9H10F3N5OS. The highest BCUT2D eigenvalue weighted by atomic mass is 32.1. The molecule has 3 heterocycles. The van der Waals surface area contributed by atoms with E-state index in [1.54, 1.807) is 0 Å². The molecule has 2 aromatic rings. The van der Waals surface area contributed by atoms with Crippen molar-refractivity contribution in [3.05, 3.63) is 10.8 Å². The molecule has 0 saturated carbocycles. The van der Waals surface area contributed by atoms with E-state index in [0.717, 1.165) is 15.9 Å². The minimum Gasteiger partial charge on any atom is -0.379 e. The van der Waals surface area contributed by atoms with Crippen molar-refractivity contribution in [3.8, 4) is 0 Å². The molecule has 1 aliphatic heterocycles. The lowest BCUT2D eigenvalue weighted by Gasteiger charge is -2.23. The van der Waals surface area contributed by atoms with Crippen LogP contribution in [-0.4, -0.2) is 39.1 Å². The standard InChI is InChI=1S/C9H10F3N5OS/c1-8(3-18-2-4(8)13)6-16-17-5(9(10,11)12)14-15-7(17)19-6/h4H,2-3,13H2,1H3. The van der Waals surface area contributed by atoms with E-state index >= 15 is 0 Å². The molecule has 3 rings (SSSR count). The first-order valence-corrected chi connectivity index (χ1v) is 6.27. The van der Waals surface area contributed by atoms with Crippen molar-refractivity contribution in [3.63, 3.8) is 0 Å². The summed E-state index contributed by atoms with van der Waals surface area (Å²) in [5.74, 6) is -1.12. The van der Waals surface area contributed by atoms with E-state index in [4.69, 9.17) is 10.5 Å². The van der Waals surface area contributed by atoms with Crippen LogP contribution in [0.5, 0.6) is 0 Å². The van der Waals surface area contributed by atoms with Gasteiger partial charge in [0.15, 0.2) is 0 Å². The summed E-state index contributed by atoms with van der Waals surface area (Å²) in [6.45, 7) is 2.52. The van der Waals surface area contributed by atoms with E-state index in [1.807, 2.05) is 6.92 Å². The van der Waals surface area contributed by atoms with Crippen LogP contribution in [0.4, 0.5) is 13.2 Å². The van der Waals surface area contributed by atoms with E-state index < -0.39 is 17.4 Å². The fourth-order valence-corrected chi connectivity index (χ4v) is 2.97. The minimum atomic E-state index is -4.58. The van der Waals surface area contributed by atoms with Gasteiger partial charge < -0.3 is 10.5 Å². The van der Waals surface area contributed by atoms with Gasteiger partial charge in [-0.3, -0.25) is 0 Å². The van der Waals surface area contributed by atoms with Crippen LogP contribution >= 0.6 is 11.3 Å². The van der Waals surface area contributed by atoms with Crippen molar-refractivity contribution < 1.29 is 17.9 Å². The summed E-state index contributed by atoms with van der Waals surface area (Å²) in [7, 11) is 0. The first-order valence-electron chi connectivity index (χ1n) is 5.45. The van der Waals surface area contributed by atoms with Gasteiger partial charge in [-0.15, -0.1) is 10.2 Å². The van der Waals surface area contributed by atoms with Crippen molar-refractivity contribution in [2.75, 3.05) is 13.2 Å². The smallest absolute Gasteiger partial charge is 0.379 e. The molecule has 1 saturated heterocycles. The average molecular weight is 293 g/mol. The van der Waals surface area contributed by atoms with Crippen LogP contribution in [0.2, 0.25) is 0 Å². The lowest BCUT2D eigenvalue weighted by molar-refractivity contribution is -0.146. The number of ether oxygens (including phenoxy) is 1. The number of nitrogens with zero attached hydrogens (tertiary/aromatic N) is 4. The van der Waals surface area contributed by atoms with Gasteiger partial charge in [0.1, 0.15) is 5.01 Å². The molecule has 0 spiro atoms. The number of rotatable bonds is 1. The van der Waals surface area contributed by atoms with Crippen LogP contribution in [0, 0.1) is 0 Å². The Bertz CT molecular complexity index is 623. The Morgan fingerprint density at radius 3 is 2.79 bits per heavy atom. The third-order valence-electron chi connectivity index (χ3n) is 3.25. The maximum atomic E-state index is 12.7. The summed E-state index contributed by atoms with van der Waals surface area (Å²) in [4.78, 5) is 0.0997. The monoisotopic (exact) mass is 293 g/mol. The lowest BCUT2D eigenvalue weighted by atomic mass is 9.87. The molecule has 0 aliphatic carbocycles. The van der Waals surface area contributed by atoms with Gasteiger partial charge in [0, 0.05) is 6.04 Å². The van der Waals surface area contributed by atoms with Gasteiger partial charge in [-0.1, -0.05) is 11.3 Å². The molecule has 1 fully saturated rings. The van der Waals surface area contributed by atoms with Gasteiger partial charge in [-0.25, -0.2) is 0 Å². The van der Waals surface area contributed by atoms with Crippen LogP contribution < -0.4 is 5.73 Å². The van der Waals surface area contributed by atoms with Crippen LogP contribution in [0.15, 0.2) is 0 Å². The topological polar surface area (TPSA) is 78.3 Å². The molecule has 19 heavy (non-hydrogen) atoms. The van der Waals surface area contributed by atoms with E-state index in [1.165, 1.54) is 0 Å². The number of fused-ring (bicyclic) bond motifs is 1. The molecule has 0 radical (unpaired) electrons. The Morgan fingerprint density at radius 1 is 1.47 bits per heavy atom. The summed E-state index contributed by atoms with van der Waals surface area (Å²) in [6, 6.07) is -0.300. The molecular weight excluding hydrogens is 283 g/mol. The molecule has 2 atom stereocenters. The average Bonchev–Trinajstić information content (AvgIpc) is 2.91. The Kier molecular flexibility index (Phi) is 2.60. The molecule has 0 bridgehead atoms. The van der Waals surface area contributed by atoms with Crippen molar-refractivity contribution in [1.29, 1.82) is 0 Å². The molecule has 0 amide bonds. The predicted octanol–water partition coefficient (Wildman–Crippen LogP) is 0.820. The summed E-state index contributed by atoms with van der Waals surface area (Å²) in [6.07, 6.45) is -4.58. The fourth-order valence-electron chi connectivity index (χ4n) is 1.93. The van der Waals surface area contributed by atoms with Crippen molar-refractivity contribution >= 4 is 16.3 Å². The minimum absolute atomic E-state index is 0.0997. The normalized spacial score (nSPS) is 28.4. The quantitative estimate of drug-likeness (QED) is 0.842. The third-order valence-corrected chi connectivity index (χ3v) is 4.43. The number of aromatic nitrogens is 4. The van der Waals surface area contributed by atoms with Crippen molar-refractivity contribution in [2.45, 2.75) is 24.6 Å². The van der Waals surface area contributed by atoms with Gasteiger partial charge in [0.2, 0.25) is 4.96 Å². The number of halogens is 3. The van der Waals surface area contributed by atoms with Crippen LogP contribution in [-0.2, 0) is 16.3 Å². The highest BCUT2D eigenvalue weighted by Crippen LogP contribution is 2.36. The number of nitrogens with two attached hydrogens (primary N) is 1. The second kappa shape index (κ2) is 3.87. The zero-order valence-electron chi connectivity index (χ0n) is 9.81. The zero-order chi connectivity index (χ0) is 13.8. The Labute approximate surface area is 109 Å². The Morgan fingerprint density at radius 2 is 2.21 bits per heavy atom. The molecule has 2 unspecified atom stereocenters.